The Kier molecular flexibility index (Phi) is 5.06. The number of nitrogens with one attached hydrogen (secondary N) is 2. The fraction of sp³-hybridized carbons (Fsp3) is 0.125. The highest BCUT2D eigenvalue weighted by Gasteiger charge is 2.28. The van der Waals surface area contributed by atoms with E-state index < -0.39 is 6.23 Å². The number of carbonyl (C=O) groups excluding carboxylic acids is 1. The van der Waals surface area contributed by atoms with Gasteiger partial charge in [0.15, 0.2) is 6.23 Å². The first kappa shape index (κ1) is 18.8. The van der Waals surface area contributed by atoms with Gasteiger partial charge in [-0.15, -0.1) is 0 Å². The van der Waals surface area contributed by atoms with Gasteiger partial charge in [-0.2, -0.15) is 0 Å². The van der Waals surface area contributed by atoms with Crippen LogP contribution in [0.5, 0.6) is 0 Å². The molecule has 1 atom stereocenters. The van der Waals surface area contributed by atoms with E-state index in [9.17, 15) is 9.90 Å². The largest absolute Gasteiger partial charge is 0.369 e. The Morgan fingerprint density at radius 3 is 2.48 bits per heavy atom. The molecular weight excluding hydrogens is 362 g/mol. The molecular formula is C24H23N3O2. The van der Waals surface area contributed by atoms with Gasteiger partial charge in [-0.25, -0.2) is 0 Å². The van der Waals surface area contributed by atoms with Crippen molar-refractivity contribution in [3.8, 4) is 0 Å². The summed E-state index contributed by atoms with van der Waals surface area (Å²) in [5, 5.41) is 17.4. The maximum absolute atomic E-state index is 11.7. The predicted octanol–water partition coefficient (Wildman–Crippen LogP) is 4.39. The summed E-state index contributed by atoms with van der Waals surface area (Å²) in [6, 6.07) is 25.4. The zero-order chi connectivity index (χ0) is 20.4. The minimum Gasteiger partial charge on any atom is -0.369 e. The van der Waals surface area contributed by atoms with E-state index >= 15 is 0 Å². The minimum atomic E-state index is -0.821. The number of anilines is 3. The van der Waals surface area contributed by atoms with Crippen LogP contribution < -0.4 is 15.5 Å². The summed E-state index contributed by atoms with van der Waals surface area (Å²) in [5.74, 6) is -0.0341. The van der Waals surface area contributed by atoms with E-state index in [-0.39, 0.29) is 5.91 Å². The highest BCUT2D eigenvalue weighted by molar-refractivity contribution is 6.03. The van der Waals surface area contributed by atoms with Gasteiger partial charge in [-0.1, -0.05) is 54.6 Å². The molecule has 1 amide bonds. The molecule has 29 heavy (non-hydrogen) atoms. The zero-order valence-electron chi connectivity index (χ0n) is 16.4. The van der Waals surface area contributed by atoms with E-state index in [1.165, 1.54) is 6.92 Å². The Bertz CT molecular complexity index is 1080. The average molecular weight is 385 g/mol. The van der Waals surface area contributed by atoms with Crippen molar-refractivity contribution in [2.45, 2.75) is 13.2 Å². The van der Waals surface area contributed by atoms with Crippen molar-refractivity contribution in [1.82, 2.24) is 0 Å². The Labute approximate surface area is 170 Å². The second-order valence-electron chi connectivity index (χ2n) is 7.00. The van der Waals surface area contributed by atoms with Gasteiger partial charge in [0.05, 0.1) is 5.70 Å². The Balaban J connectivity index is 1.83. The summed E-state index contributed by atoms with van der Waals surface area (Å²) in [4.78, 5) is 13.3. The molecule has 1 aliphatic rings. The molecule has 3 aromatic carbocycles. The van der Waals surface area contributed by atoms with Crippen molar-refractivity contribution in [3.63, 3.8) is 0 Å². The SMILES string of the molecule is CC(=O)N(C)c1cccc(N/C(=C2/c3ccccc3NC2O)c2ccccc2)c1. The molecule has 1 unspecified atom stereocenters. The Hall–Kier alpha value is -3.57. The number of fused-ring (bicyclic) bond motifs is 1. The molecule has 0 spiro atoms. The van der Waals surface area contributed by atoms with Gasteiger partial charge < -0.3 is 20.6 Å². The molecule has 3 N–H and O–H groups in total. The lowest BCUT2D eigenvalue weighted by atomic mass is 9.99. The molecule has 4 rings (SSSR count). The number of aliphatic hydroxyl groups excluding tert-OH is 1. The maximum Gasteiger partial charge on any atom is 0.223 e. The van der Waals surface area contributed by atoms with Crippen molar-refractivity contribution in [2.24, 2.45) is 0 Å². The molecule has 0 aromatic heterocycles. The molecule has 0 saturated carbocycles. The summed E-state index contributed by atoms with van der Waals surface area (Å²) in [6.45, 7) is 1.54. The molecule has 146 valence electrons. The topological polar surface area (TPSA) is 64.6 Å². The molecule has 1 heterocycles. The van der Waals surface area contributed by atoms with Crippen LogP contribution in [0.4, 0.5) is 17.1 Å². The molecule has 0 fully saturated rings. The van der Waals surface area contributed by atoms with E-state index in [1.54, 1.807) is 11.9 Å². The number of hydrogen-bond donors (Lipinski definition) is 3. The number of para-hydroxylation sites is 1. The molecule has 5 heteroatoms. The van der Waals surface area contributed by atoms with Crippen molar-refractivity contribution >= 4 is 34.2 Å². The van der Waals surface area contributed by atoms with Crippen LogP contribution in [-0.4, -0.2) is 24.3 Å². The van der Waals surface area contributed by atoms with Crippen LogP contribution in [0.25, 0.3) is 11.3 Å². The van der Waals surface area contributed by atoms with Gasteiger partial charge in [0.1, 0.15) is 0 Å². The predicted molar refractivity (Wildman–Crippen MR) is 118 cm³/mol. The summed E-state index contributed by atoms with van der Waals surface area (Å²) >= 11 is 0. The lowest BCUT2D eigenvalue weighted by Gasteiger charge is -2.20. The molecule has 5 nitrogen and oxygen atoms in total. The lowest BCUT2D eigenvalue weighted by Crippen LogP contribution is -2.22. The second kappa shape index (κ2) is 7.81. The van der Waals surface area contributed by atoms with Crippen LogP contribution in [0.15, 0.2) is 78.9 Å². The molecule has 0 saturated heterocycles. The van der Waals surface area contributed by atoms with Crippen LogP contribution in [0.1, 0.15) is 18.1 Å². The molecule has 0 radical (unpaired) electrons. The summed E-state index contributed by atoms with van der Waals surface area (Å²) < 4.78 is 0. The van der Waals surface area contributed by atoms with Gasteiger partial charge in [0, 0.05) is 42.2 Å². The number of benzene rings is 3. The number of amides is 1. The second-order valence-corrected chi connectivity index (χ2v) is 7.00. The fourth-order valence-corrected chi connectivity index (χ4v) is 3.50. The standard InChI is InChI=1S/C24H23N3O2/c1-16(28)27(2)19-12-8-11-18(15-19)25-23(17-9-4-3-5-10-17)22-20-13-6-7-14-21(20)26-24(22)29/h3-15,24-26,29H,1-2H3/b23-22-. The van der Waals surface area contributed by atoms with Crippen molar-refractivity contribution in [3.05, 3.63) is 90.0 Å². The quantitative estimate of drug-likeness (QED) is 0.623. The third kappa shape index (κ3) is 3.73. The third-order valence-electron chi connectivity index (χ3n) is 5.09. The smallest absolute Gasteiger partial charge is 0.223 e. The monoisotopic (exact) mass is 385 g/mol. The zero-order valence-corrected chi connectivity index (χ0v) is 16.4. The van der Waals surface area contributed by atoms with Crippen LogP contribution in [0.2, 0.25) is 0 Å². The van der Waals surface area contributed by atoms with E-state index in [4.69, 9.17) is 0 Å². The first-order chi connectivity index (χ1) is 14.0. The van der Waals surface area contributed by atoms with E-state index in [2.05, 4.69) is 10.6 Å². The van der Waals surface area contributed by atoms with Gasteiger partial charge >= 0.3 is 0 Å². The molecule has 1 aliphatic heterocycles. The maximum atomic E-state index is 11.7. The number of hydrogen-bond acceptors (Lipinski definition) is 4. The van der Waals surface area contributed by atoms with Gasteiger partial charge in [0.2, 0.25) is 5.91 Å². The molecule has 3 aromatic rings. The Morgan fingerprint density at radius 2 is 1.72 bits per heavy atom. The first-order valence-corrected chi connectivity index (χ1v) is 9.49. The summed E-state index contributed by atoms with van der Waals surface area (Å²) in [5.41, 5.74) is 6.06. The first-order valence-electron chi connectivity index (χ1n) is 9.49. The normalized spacial score (nSPS) is 16.6. The molecule has 0 aliphatic carbocycles. The van der Waals surface area contributed by atoms with Crippen molar-refractivity contribution < 1.29 is 9.90 Å². The van der Waals surface area contributed by atoms with Gasteiger partial charge in [0.25, 0.3) is 0 Å². The van der Waals surface area contributed by atoms with Crippen LogP contribution >= 0.6 is 0 Å². The van der Waals surface area contributed by atoms with Crippen LogP contribution in [0.3, 0.4) is 0 Å². The van der Waals surface area contributed by atoms with Crippen LogP contribution in [0, 0.1) is 0 Å². The highest BCUT2D eigenvalue weighted by atomic mass is 16.3. The number of nitrogens with zero attached hydrogens (tertiary/aromatic N) is 1. The van der Waals surface area contributed by atoms with E-state index in [0.717, 1.165) is 39.5 Å². The third-order valence-corrected chi connectivity index (χ3v) is 5.09. The van der Waals surface area contributed by atoms with E-state index in [0.29, 0.717) is 0 Å². The van der Waals surface area contributed by atoms with Crippen molar-refractivity contribution in [2.75, 3.05) is 22.6 Å². The fourth-order valence-electron chi connectivity index (χ4n) is 3.50. The summed E-state index contributed by atoms with van der Waals surface area (Å²) in [7, 11) is 1.75. The molecule has 0 bridgehead atoms. The minimum absolute atomic E-state index is 0.0341. The average Bonchev–Trinajstić information content (AvgIpc) is 3.08. The van der Waals surface area contributed by atoms with E-state index in [1.807, 2.05) is 78.9 Å². The number of aliphatic hydroxyl groups is 1. The van der Waals surface area contributed by atoms with Crippen LogP contribution in [-0.2, 0) is 4.79 Å². The summed E-state index contributed by atoms with van der Waals surface area (Å²) in [6.07, 6.45) is -0.821. The highest BCUT2D eigenvalue weighted by Crippen LogP contribution is 2.39. The van der Waals surface area contributed by atoms with Gasteiger partial charge in [-0.05, 0) is 29.8 Å². The lowest BCUT2D eigenvalue weighted by molar-refractivity contribution is -0.116. The van der Waals surface area contributed by atoms with Gasteiger partial charge in [-0.3, -0.25) is 4.79 Å². The number of rotatable bonds is 4. The Morgan fingerprint density at radius 1 is 1.00 bits per heavy atom. The van der Waals surface area contributed by atoms with Crippen molar-refractivity contribution in [1.29, 1.82) is 0 Å². The number of carbonyl (C=O) groups is 1.